The molecule has 2 N–H and O–H groups in total. The van der Waals surface area contributed by atoms with Gasteiger partial charge in [0, 0.05) is 43.2 Å². The second kappa shape index (κ2) is 22.6. The molecule has 2 aliphatic carbocycles. The van der Waals surface area contributed by atoms with Gasteiger partial charge in [-0.05, 0) is 106 Å². The number of amides is 1. The van der Waals surface area contributed by atoms with Crippen molar-refractivity contribution in [1.29, 1.82) is 0 Å². The molecule has 0 spiro atoms. The summed E-state index contributed by atoms with van der Waals surface area (Å²) in [6, 6.07) is 21.9. The maximum absolute atomic E-state index is 14.5. The fourth-order valence-electron chi connectivity index (χ4n) is 9.34. The number of rotatable bonds is 23. The SMILES string of the molecule is C=CCOC12Oc3ccc(Oc4cccc(C=O)c4)cc3C3C(CCCCO)C(CCCCO)C=C(C(=NOC(C)(C)C)CC1N(CCC)C(=O)OCCOCc1ccccc1)C32. The number of oxime groups is 1. The van der Waals surface area contributed by atoms with Gasteiger partial charge in [0.25, 0.3) is 0 Å². The molecule has 0 saturated heterocycles. The normalized spacial score (nSPS) is 23.1. The van der Waals surface area contributed by atoms with Crippen LogP contribution in [-0.4, -0.2) is 90.2 Å². The Labute approximate surface area is 372 Å². The summed E-state index contributed by atoms with van der Waals surface area (Å²) in [6.45, 7) is 13.2. The summed E-state index contributed by atoms with van der Waals surface area (Å²) in [5.74, 6) is -0.365. The minimum absolute atomic E-state index is 0.0314. The molecule has 6 unspecified atom stereocenters. The van der Waals surface area contributed by atoms with E-state index in [1.54, 1.807) is 29.2 Å². The number of allylic oxidation sites excluding steroid dienone is 1. The third-order valence-electron chi connectivity index (χ3n) is 11.9. The Morgan fingerprint density at radius 2 is 1.73 bits per heavy atom. The summed E-state index contributed by atoms with van der Waals surface area (Å²) in [5.41, 5.74) is 3.48. The molecule has 340 valence electrons. The Kier molecular flexibility index (Phi) is 17.0. The Balaban J connectivity index is 1.49. The Hall–Kier alpha value is -5.01. The molecule has 3 aromatic rings. The van der Waals surface area contributed by atoms with Crippen LogP contribution in [0.2, 0.25) is 0 Å². The third kappa shape index (κ3) is 11.8. The van der Waals surface area contributed by atoms with Crippen molar-refractivity contribution < 1.29 is 48.3 Å². The highest BCUT2D eigenvalue weighted by molar-refractivity contribution is 6.03. The van der Waals surface area contributed by atoms with E-state index < -0.39 is 29.4 Å². The van der Waals surface area contributed by atoms with Gasteiger partial charge in [-0.1, -0.05) is 79.5 Å². The van der Waals surface area contributed by atoms with E-state index in [9.17, 15) is 19.8 Å². The minimum Gasteiger partial charge on any atom is -0.459 e. The molecule has 1 amide bonds. The van der Waals surface area contributed by atoms with Gasteiger partial charge >= 0.3 is 6.09 Å². The summed E-state index contributed by atoms with van der Waals surface area (Å²) >= 11 is 0. The number of nitrogens with zero attached hydrogens (tertiary/aromatic N) is 2. The van der Waals surface area contributed by atoms with Crippen LogP contribution in [0.1, 0.15) is 106 Å². The van der Waals surface area contributed by atoms with Gasteiger partial charge in [-0.25, -0.2) is 4.79 Å². The Bertz CT molecular complexity index is 2030. The molecule has 0 bridgehead atoms. The van der Waals surface area contributed by atoms with Crippen molar-refractivity contribution in [2.24, 2.45) is 22.9 Å². The molecule has 1 aliphatic heterocycles. The molecule has 6 atom stereocenters. The second-order valence-corrected chi connectivity index (χ2v) is 17.6. The number of fused-ring (bicyclic) bond motifs is 2. The van der Waals surface area contributed by atoms with Crippen molar-refractivity contribution in [3.8, 4) is 17.2 Å². The number of aldehydes is 1. The highest BCUT2D eigenvalue weighted by Gasteiger charge is 2.65. The number of aliphatic hydroxyl groups excluding tert-OH is 2. The van der Waals surface area contributed by atoms with Crippen LogP contribution >= 0.6 is 0 Å². The van der Waals surface area contributed by atoms with Crippen molar-refractivity contribution >= 4 is 18.1 Å². The first-order valence-electron chi connectivity index (χ1n) is 22.6. The molecule has 1 saturated carbocycles. The smallest absolute Gasteiger partial charge is 0.410 e. The van der Waals surface area contributed by atoms with E-state index in [0.29, 0.717) is 60.9 Å². The number of carbonyl (C=O) groups is 2. The van der Waals surface area contributed by atoms with Crippen molar-refractivity contribution in [2.45, 2.75) is 109 Å². The minimum atomic E-state index is -1.43. The predicted octanol–water partition coefficient (Wildman–Crippen LogP) is 9.79. The number of ether oxygens (including phenoxy) is 5. The Morgan fingerprint density at radius 1 is 0.968 bits per heavy atom. The van der Waals surface area contributed by atoms with E-state index in [0.717, 1.165) is 48.7 Å². The van der Waals surface area contributed by atoms with Crippen molar-refractivity contribution in [1.82, 2.24) is 4.90 Å². The number of unbranched alkanes of at least 4 members (excludes halogenated alkanes) is 2. The fraction of sp³-hybridized carbons (Fsp3) is 0.510. The van der Waals surface area contributed by atoms with Crippen molar-refractivity contribution in [3.05, 3.63) is 114 Å². The lowest BCUT2D eigenvalue weighted by atomic mass is 9.55. The van der Waals surface area contributed by atoms with Gasteiger partial charge in [0.2, 0.25) is 5.79 Å². The van der Waals surface area contributed by atoms with Crippen LogP contribution < -0.4 is 9.47 Å². The monoisotopic (exact) mass is 866 g/mol. The maximum atomic E-state index is 14.5. The molecule has 6 rings (SSSR count). The number of aliphatic hydroxyl groups is 2. The van der Waals surface area contributed by atoms with Crippen LogP contribution in [0.4, 0.5) is 4.79 Å². The lowest BCUT2D eigenvalue weighted by molar-refractivity contribution is -0.255. The zero-order chi connectivity index (χ0) is 44.8. The molecule has 12 nitrogen and oxygen atoms in total. The standard InChI is InChI=1S/C51H66N2O10/c1-6-24-53(49(57)59-29-28-58-35-36-16-9-8-10-17-36)46-33-44(52-63-50(3,4)5)42-31-38(19-11-13-25-54)41(21-12-14-26-55)47-43-32-40(61-39-20-15-18-37(30-39)34-56)22-23-45(43)62-51(46,48(42)47)60-27-7-2/h7-10,15-18,20,22-23,30-32,34,38,41,46-48,54-55H,2,6,11-14,19,21,24-29,33,35H2,1,3-5H3. The summed E-state index contributed by atoms with van der Waals surface area (Å²) in [6.07, 6.45) is 9.71. The molecule has 0 aromatic heterocycles. The molecule has 1 heterocycles. The third-order valence-corrected chi connectivity index (χ3v) is 11.9. The van der Waals surface area contributed by atoms with E-state index in [1.807, 2.05) is 82.3 Å². The van der Waals surface area contributed by atoms with E-state index in [1.165, 1.54) is 0 Å². The van der Waals surface area contributed by atoms with Gasteiger partial charge in [0.05, 0.1) is 31.5 Å². The van der Waals surface area contributed by atoms with Crippen LogP contribution in [0.25, 0.3) is 0 Å². The highest BCUT2D eigenvalue weighted by Crippen LogP contribution is 2.62. The quantitative estimate of drug-likeness (QED) is 0.0409. The topological polar surface area (TPSA) is 146 Å². The molecule has 3 aliphatic rings. The molecule has 1 fully saturated rings. The lowest BCUT2D eigenvalue weighted by Gasteiger charge is -2.60. The number of benzene rings is 3. The maximum Gasteiger partial charge on any atom is 0.410 e. The van der Waals surface area contributed by atoms with Crippen LogP contribution in [0.3, 0.4) is 0 Å². The average molecular weight is 867 g/mol. The molecule has 63 heavy (non-hydrogen) atoms. The summed E-state index contributed by atoms with van der Waals surface area (Å²) in [5, 5.41) is 24.8. The van der Waals surface area contributed by atoms with Gasteiger partial charge in [-0.15, -0.1) is 6.58 Å². The summed E-state index contributed by atoms with van der Waals surface area (Å²) in [7, 11) is 0. The molecule has 12 heteroatoms. The van der Waals surface area contributed by atoms with Crippen LogP contribution in [0.5, 0.6) is 17.2 Å². The van der Waals surface area contributed by atoms with Crippen LogP contribution in [-0.2, 0) is 25.7 Å². The van der Waals surface area contributed by atoms with E-state index in [4.69, 9.17) is 33.7 Å². The summed E-state index contributed by atoms with van der Waals surface area (Å²) < 4.78 is 32.7. The van der Waals surface area contributed by atoms with Gasteiger partial charge < -0.3 is 38.7 Å². The van der Waals surface area contributed by atoms with Crippen molar-refractivity contribution in [2.75, 3.05) is 39.6 Å². The van der Waals surface area contributed by atoms with E-state index in [-0.39, 0.29) is 57.2 Å². The molecular formula is C51H66N2O10. The van der Waals surface area contributed by atoms with Gasteiger partial charge in [-0.3, -0.25) is 9.69 Å². The zero-order valence-corrected chi connectivity index (χ0v) is 37.4. The highest BCUT2D eigenvalue weighted by atomic mass is 16.7. The largest absolute Gasteiger partial charge is 0.459 e. The van der Waals surface area contributed by atoms with Crippen LogP contribution in [0.15, 0.2) is 102 Å². The lowest BCUT2D eigenvalue weighted by Crippen LogP contribution is -2.70. The number of carbonyl (C=O) groups excluding carboxylic acids is 2. The van der Waals surface area contributed by atoms with Gasteiger partial charge in [0.15, 0.2) is 0 Å². The Morgan fingerprint density at radius 3 is 2.44 bits per heavy atom. The van der Waals surface area contributed by atoms with Crippen LogP contribution in [0, 0.1) is 17.8 Å². The predicted molar refractivity (Wildman–Crippen MR) is 242 cm³/mol. The summed E-state index contributed by atoms with van der Waals surface area (Å²) in [4.78, 5) is 34.2. The number of hydrogen-bond donors (Lipinski definition) is 2. The molecule has 0 radical (unpaired) electrons. The molecular weight excluding hydrogens is 801 g/mol. The fourth-order valence-corrected chi connectivity index (χ4v) is 9.34. The van der Waals surface area contributed by atoms with E-state index >= 15 is 0 Å². The van der Waals surface area contributed by atoms with Gasteiger partial charge in [-0.2, -0.15) is 0 Å². The van der Waals surface area contributed by atoms with Crippen molar-refractivity contribution in [3.63, 3.8) is 0 Å². The number of hydrogen-bond acceptors (Lipinski definition) is 11. The molecule has 3 aromatic carbocycles. The zero-order valence-electron chi connectivity index (χ0n) is 37.4. The first-order chi connectivity index (χ1) is 30.5. The second-order valence-electron chi connectivity index (χ2n) is 17.6. The first-order valence-corrected chi connectivity index (χ1v) is 22.6. The van der Waals surface area contributed by atoms with Gasteiger partial charge in [0.1, 0.15) is 41.8 Å². The first kappa shape index (κ1) is 47.5. The average Bonchev–Trinajstić information content (AvgIpc) is 3.28. The van der Waals surface area contributed by atoms with E-state index in [2.05, 4.69) is 12.7 Å².